The van der Waals surface area contributed by atoms with Crippen LogP contribution in [-0.2, 0) is 10.1 Å². The second-order valence-corrected chi connectivity index (χ2v) is 7.32. The van der Waals surface area contributed by atoms with Gasteiger partial charge in [-0.2, -0.15) is 26.9 Å². The predicted octanol–water partition coefficient (Wildman–Crippen LogP) is 4.45. The molecule has 0 aliphatic carbocycles. The van der Waals surface area contributed by atoms with Crippen molar-refractivity contribution in [2.75, 3.05) is 0 Å². The molecule has 0 atom stereocenters. The highest BCUT2D eigenvalue weighted by atomic mass is 32.2. The number of halogens is 4. The van der Waals surface area contributed by atoms with Crippen LogP contribution in [0, 0.1) is 24.1 Å². The fourth-order valence-electron chi connectivity index (χ4n) is 2.56. The van der Waals surface area contributed by atoms with Crippen molar-refractivity contribution in [1.82, 2.24) is 4.98 Å². The van der Waals surface area contributed by atoms with E-state index in [1.54, 1.807) is 0 Å². The van der Waals surface area contributed by atoms with Crippen molar-refractivity contribution in [3.05, 3.63) is 59.5 Å². The molecule has 2 aromatic carbocycles. The molecule has 0 aliphatic heterocycles. The Hall–Kier alpha value is -3.19. The van der Waals surface area contributed by atoms with Crippen molar-refractivity contribution >= 4 is 21.0 Å². The highest BCUT2D eigenvalue weighted by molar-refractivity contribution is 7.88. The van der Waals surface area contributed by atoms with Crippen molar-refractivity contribution in [2.24, 2.45) is 0 Å². The molecule has 0 saturated carbocycles. The predicted molar refractivity (Wildman–Crippen MR) is 92.2 cm³/mol. The lowest BCUT2D eigenvalue weighted by atomic mass is 9.97. The number of benzene rings is 2. The highest BCUT2D eigenvalue weighted by Crippen LogP contribution is 2.35. The lowest BCUT2D eigenvalue weighted by Gasteiger charge is -2.13. The van der Waals surface area contributed by atoms with E-state index in [4.69, 9.17) is 0 Å². The van der Waals surface area contributed by atoms with Gasteiger partial charge in [-0.15, -0.1) is 0 Å². The minimum atomic E-state index is -5.90. The summed E-state index contributed by atoms with van der Waals surface area (Å²) in [7, 11) is -5.90. The van der Waals surface area contributed by atoms with E-state index in [9.17, 15) is 31.2 Å². The maximum Gasteiger partial charge on any atom is 0.534 e. The summed E-state index contributed by atoms with van der Waals surface area (Å²) in [4.78, 5) is 4.12. The third-order valence-corrected chi connectivity index (χ3v) is 4.76. The molecule has 5 nitrogen and oxygen atoms in total. The average molecular weight is 410 g/mol. The highest BCUT2D eigenvalue weighted by Gasteiger charge is 2.48. The standard InChI is InChI=1S/C18H10F4N2O3S/c1-10-6-17(27-28(25,26)18(20,21)22)15-8-14(11-2-4-13(19)5-3-11)12(9-23)7-16(15)24-10/h2-8H,1H3. The summed E-state index contributed by atoms with van der Waals surface area (Å²) in [6.45, 7) is 1.44. The van der Waals surface area contributed by atoms with Crippen LogP contribution in [0.5, 0.6) is 5.75 Å². The summed E-state index contributed by atoms with van der Waals surface area (Å²) in [5.41, 5.74) is -4.54. The lowest BCUT2D eigenvalue weighted by Crippen LogP contribution is -2.28. The SMILES string of the molecule is Cc1cc(OS(=O)(=O)C(F)(F)F)c2cc(-c3ccc(F)cc3)c(C#N)cc2n1. The van der Waals surface area contributed by atoms with E-state index in [0.29, 0.717) is 5.56 Å². The number of hydrogen-bond acceptors (Lipinski definition) is 5. The van der Waals surface area contributed by atoms with Crippen LogP contribution in [0.25, 0.3) is 22.0 Å². The van der Waals surface area contributed by atoms with Crippen molar-refractivity contribution in [3.8, 4) is 22.9 Å². The summed E-state index contributed by atoms with van der Waals surface area (Å²) in [5, 5.41) is 9.35. The first-order chi connectivity index (χ1) is 13.0. The third-order valence-electron chi connectivity index (χ3n) is 3.80. The Labute approximate surface area is 156 Å². The molecule has 0 amide bonds. The summed E-state index contributed by atoms with van der Waals surface area (Å²) in [6, 6.07) is 10.6. The van der Waals surface area contributed by atoms with Gasteiger partial charge >= 0.3 is 15.6 Å². The minimum Gasteiger partial charge on any atom is -0.375 e. The van der Waals surface area contributed by atoms with Gasteiger partial charge in [-0.25, -0.2) is 4.39 Å². The zero-order valence-electron chi connectivity index (χ0n) is 14.1. The van der Waals surface area contributed by atoms with Gasteiger partial charge in [0.2, 0.25) is 0 Å². The van der Waals surface area contributed by atoms with Crippen LogP contribution in [0.2, 0.25) is 0 Å². The molecule has 3 aromatic rings. The van der Waals surface area contributed by atoms with E-state index in [1.807, 2.05) is 6.07 Å². The minimum absolute atomic E-state index is 0.0447. The van der Waals surface area contributed by atoms with Crippen LogP contribution in [0.1, 0.15) is 11.3 Å². The number of hydrogen-bond donors (Lipinski definition) is 0. The van der Waals surface area contributed by atoms with E-state index < -0.39 is 27.2 Å². The van der Waals surface area contributed by atoms with Crippen LogP contribution in [-0.4, -0.2) is 18.9 Å². The second-order valence-electron chi connectivity index (χ2n) is 5.78. The number of nitriles is 1. The molecule has 1 aromatic heterocycles. The van der Waals surface area contributed by atoms with Crippen LogP contribution < -0.4 is 4.18 Å². The summed E-state index contributed by atoms with van der Waals surface area (Å²) >= 11 is 0. The molecule has 1 heterocycles. The van der Waals surface area contributed by atoms with Crippen LogP contribution in [0.3, 0.4) is 0 Å². The van der Waals surface area contributed by atoms with Gasteiger partial charge in [-0.1, -0.05) is 12.1 Å². The first kappa shape index (κ1) is 19.6. The third kappa shape index (κ3) is 3.61. The molecule has 0 fully saturated rings. The first-order valence-corrected chi connectivity index (χ1v) is 9.05. The number of rotatable bonds is 3. The Balaban J connectivity index is 2.27. The maximum absolute atomic E-state index is 13.2. The zero-order valence-corrected chi connectivity index (χ0v) is 14.9. The molecule has 0 bridgehead atoms. The number of alkyl halides is 3. The molecule has 0 spiro atoms. The normalized spacial score (nSPS) is 12.0. The smallest absolute Gasteiger partial charge is 0.375 e. The van der Waals surface area contributed by atoms with Gasteiger partial charge in [0, 0.05) is 22.7 Å². The fraction of sp³-hybridized carbons (Fsp3) is 0.111. The molecule has 0 radical (unpaired) electrons. The molecular weight excluding hydrogens is 400 g/mol. The number of nitrogens with zero attached hydrogens (tertiary/aromatic N) is 2. The monoisotopic (exact) mass is 410 g/mol. The molecule has 0 N–H and O–H groups in total. The number of fused-ring (bicyclic) bond motifs is 1. The van der Waals surface area contributed by atoms with E-state index >= 15 is 0 Å². The Kier molecular flexibility index (Phi) is 4.72. The summed E-state index contributed by atoms with van der Waals surface area (Å²) in [5.74, 6) is -1.09. The molecule has 28 heavy (non-hydrogen) atoms. The number of pyridine rings is 1. The molecule has 0 aliphatic rings. The molecule has 0 unspecified atom stereocenters. The van der Waals surface area contributed by atoms with Crippen LogP contribution in [0.4, 0.5) is 17.6 Å². The van der Waals surface area contributed by atoms with Gasteiger partial charge in [0.05, 0.1) is 17.1 Å². The van der Waals surface area contributed by atoms with Gasteiger partial charge in [0.15, 0.2) is 5.75 Å². The summed E-state index contributed by atoms with van der Waals surface area (Å²) in [6.07, 6.45) is 0. The van der Waals surface area contributed by atoms with Crippen LogP contribution in [0.15, 0.2) is 42.5 Å². The lowest BCUT2D eigenvalue weighted by molar-refractivity contribution is -0.0499. The molecule has 3 rings (SSSR count). The van der Waals surface area contributed by atoms with E-state index in [2.05, 4.69) is 9.17 Å². The maximum atomic E-state index is 13.2. The first-order valence-electron chi connectivity index (χ1n) is 7.64. The topological polar surface area (TPSA) is 80.0 Å². The zero-order chi connectivity index (χ0) is 20.7. The average Bonchev–Trinajstić information content (AvgIpc) is 2.60. The largest absolute Gasteiger partial charge is 0.534 e. The Morgan fingerprint density at radius 2 is 1.75 bits per heavy atom. The van der Waals surface area contributed by atoms with E-state index in [1.165, 1.54) is 31.2 Å². The molecule has 0 saturated heterocycles. The quantitative estimate of drug-likeness (QED) is 0.362. The number of aryl methyl sites for hydroxylation is 1. The van der Waals surface area contributed by atoms with Gasteiger partial charge in [0.1, 0.15) is 5.82 Å². The molecule has 10 heteroatoms. The van der Waals surface area contributed by atoms with Gasteiger partial charge in [-0.05, 0) is 36.8 Å². The Morgan fingerprint density at radius 1 is 1.11 bits per heavy atom. The van der Waals surface area contributed by atoms with Gasteiger partial charge in [-0.3, -0.25) is 4.98 Å². The Bertz CT molecular complexity index is 1210. The Morgan fingerprint density at radius 3 is 2.32 bits per heavy atom. The summed E-state index contributed by atoms with van der Waals surface area (Å²) < 4.78 is 78.5. The van der Waals surface area contributed by atoms with E-state index in [0.717, 1.165) is 18.2 Å². The van der Waals surface area contributed by atoms with Gasteiger partial charge < -0.3 is 4.18 Å². The number of aromatic nitrogens is 1. The van der Waals surface area contributed by atoms with Gasteiger partial charge in [0.25, 0.3) is 0 Å². The van der Waals surface area contributed by atoms with Crippen molar-refractivity contribution in [1.29, 1.82) is 5.26 Å². The van der Waals surface area contributed by atoms with Crippen molar-refractivity contribution in [2.45, 2.75) is 12.4 Å². The second kappa shape index (κ2) is 6.76. The fourth-order valence-corrected chi connectivity index (χ4v) is 3.03. The van der Waals surface area contributed by atoms with E-state index in [-0.39, 0.29) is 27.7 Å². The molecular formula is C18H10F4N2O3S. The van der Waals surface area contributed by atoms with Crippen molar-refractivity contribution in [3.63, 3.8) is 0 Å². The van der Waals surface area contributed by atoms with Crippen LogP contribution >= 0.6 is 0 Å². The van der Waals surface area contributed by atoms with Crippen molar-refractivity contribution < 1.29 is 30.2 Å². The molecule has 144 valence electrons.